The van der Waals surface area contributed by atoms with Gasteiger partial charge in [-0.2, -0.15) is 5.26 Å². The molecule has 6 heteroatoms. The average molecular weight is 417 g/mol. The summed E-state index contributed by atoms with van der Waals surface area (Å²) >= 11 is 0. The Labute approximate surface area is 182 Å². The van der Waals surface area contributed by atoms with E-state index in [1.165, 1.54) is 16.8 Å². The van der Waals surface area contributed by atoms with E-state index >= 15 is 0 Å². The number of anilines is 2. The molecule has 0 aliphatic carbocycles. The van der Waals surface area contributed by atoms with Crippen molar-refractivity contribution < 1.29 is 9.59 Å². The first-order chi connectivity index (χ1) is 14.8. The number of hydrogen-bond acceptors (Lipinski definition) is 3. The van der Waals surface area contributed by atoms with Crippen LogP contribution in [0.5, 0.6) is 0 Å². The molecule has 0 saturated heterocycles. The third kappa shape index (κ3) is 5.13. The number of nitrogens with zero attached hydrogens (tertiary/aromatic N) is 2. The molecular formula is C25H28N4O2. The molecule has 0 bridgehead atoms. The Morgan fingerprint density at radius 2 is 1.58 bits per heavy atom. The standard InChI is InChI=1S/C25H28N4O2/c1-5-29-18(4)17(3)22-14-21(10-11-23(22)29)28-25(31)13-16(2)12-24(30)27-20-8-6-19(15-26)7-9-20/h6-11,14,16H,5,12-13H2,1-4H3,(H,27,30)(H,28,31). The second-order valence-electron chi connectivity index (χ2n) is 7.99. The number of aryl methyl sites for hydroxylation is 2. The van der Waals surface area contributed by atoms with Crippen molar-refractivity contribution in [1.82, 2.24) is 4.57 Å². The number of carbonyl (C=O) groups is 2. The summed E-state index contributed by atoms with van der Waals surface area (Å²) in [6.07, 6.45) is 0.497. The normalized spacial score (nSPS) is 11.7. The van der Waals surface area contributed by atoms with Crippen molar-refractivity contribution in [1.29, 1.82) is 5.26 Å². The highest BCUT2D eigenvalue weighted by atomic mass is 16.2. The zero-order chi connectivity index (χ0) is 22.5. The summed E-state index contributed by atoms with van der Waals surface area (Å²) in [5.41, 5.74) is 5.58. The minimum atomic E-state index is -0.154. The molecule has 0 saturated carbocycles. The van der Waals surface area contributed by atoms with Crippen LogP contribution in [0.4, 0.5) is 11.4 Å². The molecule has 0 fully saturated rings. The van der Waals surface area contributed by atoms with Crippen LogP contribution >= 0.6 is 0 Å². The largest absolute Gasteiger partial charge is 0.345 e. The van der Waals surface area contributed by atoms with Gasteiger partial charge in [0.25, 0.3) is 0 Å². The molecule has 0 aliphatic heterocycles. The van der Waals surface area contributed by atoms with E-state index in [4.69, 9.17) is 5.26 Å². The maximum Gasteiger partial charge on any atom is 0.224 e. The first-order valence-corrected chi connectivity index (χ1v) is 10.5. The Morgan fingerprint density at radius 1 is 1.00 bits per heavy atom. The Balaban J connectivity index is 1.56. The van der Waals surface area contributed by atoms with E-state index in [2.05, 4.69) is 36.0 Å². The van der Waals surface area contributed by atoms with Crippen molar-refractivity contribution in [2.24, 2.45) is 5.92 Å². The minimum Gasteiger partial charge on any atom is -0.345 e. The lowest BCUT2D eigenvalue weighted by atomic mass is 10.0. The van der Waals surface area contributed by atoms with Crippen molar-refractivity contribution in [2.45, 2.75) is 47.1 Å². The van der Waals surface area contributed by atoms with E-state index in [0.29, 0.717) is 11.3 Å². The van der Waals surface area contributed by atoms with Crippen LogP contribution in [0.2, 0.25) is 0 Å². The summed E-state index contributed by atoms with van der Waals surface area (Å²) in [4.78, 5) is 24.8. The number of carbonyl (C=O) groups excluding carboxylic acids is 2. The molecule has 1 heterocycles. The van der Waals surface area contributed by atoms with Gasteiger partial charge in [-0.15, -0.1) is 0 Å². The lowest BCUT2D eigenvalue weighted by Crippen LogP contribution is -2.20. The number of hydrogen-bond donors (Lipinski definition) is 2. The molecule has 1 atom stereocenters. The van der Waals surface area contributed by atoms with E-state index in [0.717, 1.165) is 17.6 Å². The molecule has 0 aliphatic rings. The number of nitrogens with one attached hydrogen (secondary N) is 2. The van der Waals surface area contributed by atoms with Crippen LogP contribution in [0, 0.1) is 31.1 Å². The first kappa shape index (κ1) is 22.1. The van der Waals surface area contributed by atoms with Gasteiger partial charge in [0.05, 0.1) is 11.6 Å². The molecule has 3 rings (SSSR count). The van der Waals surface area contributed by atoms with E-state index in [-0.39, 0.29) is 30.6 Å². The second-order valence-corrected chi connectivity index (χ2v) is 7.99. The van der Waals surface area contributed by atoms with E-state index < -0.39 is 0 Å². The SMILES string of the molecule is CCn1c(C)c(C)c2cc(NC(=O)CC(C)CC(=O)Nc3ccc(C#N)cc3)ccc21. The number of benzene rings is 2. The first-order valence-electron chi connectivity index (χ1n) is 10.5. The van der Waals surface area contributed by atoms with Crippen molar-refractivity contribution in [2.75, 3.05) is 10.6 Å². The minimum absolute atomic E-state index is 0.104. The van der Waals surface area contributed by atoms with Gasteiger partial charge >= 0.3 is 0 Å². The van der Waals surface area contributed by atoms with E-state index in [9.17, 15) is 9.59 Å². The molecule has 1 aromatic heterocycles. The fraction of sp³-hybridized carbons (Fsp3) is 0.320. The predicted molar refractivity (Wildman–Crippen MR) is 124 cm³/mol. The fourth-order valence-electron chi connectivity index (χ4n) is 3.89. The molecule has 6 nitrogen and oxygen atoms in total. The van der Waals surface area contributed by atoms with Gasteiger partial charge in [-0.05, 0) is 74.7 Å². The molecule has 2 aromatic carbocycles. The Bertz CT molecular complexity index is 1150. The lowest BCUT2D eigenvalue weighted by molar-refractivity contribution is -0.118. The highest BCUT2D eigenvalue weighted by Gasteiger charge is 2.15. The quantitative estimate of drug-likeness (QED) is 0.559. The summed E-state index contributed by atoms with van der Waals surface area (Å²) in [7, 11) is 0. The van der Waals surface area contributed by atoms with E-state index in [1.54, 1.807) is 24.3 Å². The molecule has 1 unspecified atom stereocenters. The average Bonchev–Trinajstić information content (AvgIpc) is 2.97. The lowest BCUT2D eigenvalue weighted by Gasteiger charge is -2.12. The van der Waals surface area contributed by atoms with E-state index in [1.807, 2.05) is 31.2 Å². The van der Waals surface area contributed by atoms with Gasteiger partial charge in [0, 0.05) is 47.4 Å². The maximum atomic E-state index is 12.5. The van der Waals surface area contributed by atoms with Crippen LogP contribution in [0.1, 0.15) is 43.5 Å². The molecule has 2 N–H and O–H groups in total. The van der Waals surface area contributed by atoms with Crippen LogP contribution < -0.4 is 10.6 Å². The number of nitriles is 1. The molecular weight excluding hydrogens is 388 g/mol. The monoisotopic (exact) mass is 416 g/mol. The summed E-state index contributed by atoms with van der Waals surface area (Å²) in [5.74, 6) is -0.368. The van der Waals surface area contributed by atoms with Gasteiger partial charge in [0.15, 0.2) is 0 Å². The van der Waals surface area contributed by atoms with Crippen LogP contribution in [0.25, 0.3) is 10.9 Å². The summed E-state index contributed by atoms with van der Waals surface area (Å²) in [6.45, 7) is 9.13. The van der Waals surface area contributed by atoms with Crippen LogP contribution in [-0.4, -0.2) is 16.4 Å². The smallest absolute Gasteiger partial charge is 0.224 e. The van der Waals surface area contributed by atoms with Crippen molar-refractivity contribution in [3.05, 3.63) is 59.3 Å². The Morgan fingerprint density at radius 3 is 2.16 bits per heavy atom. The van der Waals surface area contributed by atoms with Gasteiger partial charge in [0.2, 0.25) is 11.8 Å². The van der Waals surface area contributed by atoms with Crippen molar-refractivity contribution in [3.63, 3.8) is 0 Å². The van der Waals surface area contributed by atoms with Crippen molar-refractivity contribution >= 4 is 34.1 Å². The topological polar surface area (TPSA) is 86.9 Å². The summed E-state index contributed by atoms with van der Waals surface area (Å²) in [5, 5.41) is 15.7. The van der Waals surface area contributed by atoms with Crippen LogP contribution in [-0.2, 0) is 16.1 Å². The highest BCUT2D eigenvalue weighted by molar-refractivity contribution is 5.96. The fourth-order valence-corrected chi connectivity index (χ4v) is 3.89. The Hall–Kier alpha value is -3.59. The number of amides is 2. The second kappa shape index (κ2) is 9.48. The molecule has 31 heavy (non-hydrogen) atoms. The molecule has 2 amide bonds. The number of fused-ring (bicyclic) bond motifs is 1. The van der Waals surface area contributed by atoms with Gasteiger partial charge in [0.1, 0.15) is 0 Å². The summed E-state index contributed by atoms with van der Waals surface area (Å²) in [6, 6.07) is 14.7. The van der Waals surface area contributed by atoms with Gasteiger partial charge < -0.3 is 15.2 Å². The predicted octanol–water partition coefficient (Wildman–Crippen LogP) is 5.14. The van der Waals surface area contributed by atoms with Gasteiger partial charge in [-0.25, -0.2) is 0 Å². The molecule has 0 spiro atoms. The van der Waals surface area contributed by atoms with Crippen LogP contribution in [0.3, 0.4) is 0 Å². The van der Waals surface area contributed by atoms with Gasteiger partial charge in [-0.1, -0.05) is 6.92 Å². The third-order valence-corrected chi connectivity index (χ3v) is 5.60. The van der Waals surface area contributed by atoms with Crippen LogP contribution in [0.15, 0.2) is 42.5 Å². The number of rotatable bonds is 7. The number of aromatic nitrogens is 1. The van der Waals surface area contributed by atoms with Crippen molar-refractivity contribution in [3.8, 4) is 6.07 Å². The maximum absolute atomic E-state index is 12.5. The molecule has 160 valence electrons. The summed E-state index contributed by atoms with van der Waals surface area (Å²) < 4.78 is 2.27. The highest BCUT2D eigenvalue weighted by Crippen LogP contribution is 2.28. The Kier molecular flexibility index (Phi) is 6.76. The zero-order valence-corrected chi connectivity index (χ0v) is 18.5. The zero-order valence-electron chi connectivity index (χ0n) is 18.5. The molecule has 0 radical (unpaired) electrons. The third-order valence-electron chi connectivity index (χ3n) is 5.60. The van der Waals surface area contributed by atoms with Gasteiger partial charge in [-0.3, -0.25) is 9.59 Å². The molecule has 3 aromatic rings.